The van der Waals surface area contributed by atoms with E-state index in [2.05, 4.69) is 25.9 Å². The van der Waals surface area contributed by atoms with Crippen molar-refractivity contribution in [2.45, 2.75) is 19.8 Å². The second-order valence-corrected chi connectivity index (χ2v) is 4.78. The van der Waals surface area contributed by atoms with E-state index < -0.39 is 0 Å². The molecule has 88 valence electrons. The minimum absolute atomic E-state index is 0.184. The van der Waals surface area contributed by atoms with Crippen LogP contribution in [0.5, 0.6) is 0 Å². The second-order valence-electron chi connectivity index (χ2n) is 3.93. The average Bonchev–Trinajstić information content (AvgIpc) is 2.75. The molecule has 0 amide bonds. The first-order valence-electron chi connectivity index (χ1n) is 5.45. The Hall–Kier alpha value is -1.42. The maximum absolute atomic E-state index is 10.9. The molecular weight excluding hydrogens is 280 g/mol. The van der Waals surface area contributed by atoms with Crippen molar-refractivity contribution in [3.8, 4) is 11.3 Å². The summed E-state index contributed by atoms with van der Waals surface area (Å²) in [5.41, 5.74) is 2.05. The predicted molar refractivity (Wildman–Crippen MR) is 70.7 cm³/mol. The molecular formula is C13H13BrN2O. The Labute approximate surface area is 108 Å². The third-order valence-corrected chi connectivity index (χ3v) is 3.20. The summed E-state index contributed by atoms with van der Waals surface area (Å²) in [6.45, 7) is 1.59. The number of rotatable bonds is 4. The van der Waals surface area contributed by atoms with Crippen LogP contribution in [0.4, 0.5) is 0 Å². The number of hydrogen-bond acceptors (Lipinski definition) is 2. The summed E-state index contributed by atoms with van der Waals surface area (Å²) in [5.74, 6) is 1.04. The molecule has 0 radical (unpaired) electrons. The van der Waals surface area contributed by atoms with E-state index in [1.54, 1.807) is 13.1 Å². The van der Waals surface area contributed by atoms with E-state index in [4.69, 9.17) is 0 Å². The molecule has 1 aromatic carbocycles. The maximum Gasteiger partial charge on any atom is 0.130 e. The van der Waals surface area contributed by atoms with Crippen LogP contribution in [0.2, 0.25) is 0 Å². The van der Waals surface area contributed by atoms with Crippen LogP contribution in [0.3, 0.4) is 0 Å². The van der Waals surface area contributed by atoms with E-state index >= 15 is 0 Å². The van der Waals surface area contributed by atoms with Crippen molar-refractivity contribution in [3.63, 3.8) is 0 Å². The summed E-state index contributed by atoms with van der Waals surface area (Å²) in [5, 5.41) is 0. The fraction of sp³-hybridized carbons (Fsp3) is 0.231. The molecule has 1 aromatic heterocycles. The zero-order chi connectivity index (χ0) is 12.3. The molecule has 2 aromatic rings. The summed E-state index contributed by atoms with van der Waals surface area (Å²) in [6, 6.07) is 7.97. The molecule has 0 atom stereocenters. The lowest BCUT2D eigenvalue weighted by molar-refractivity contribution is -0.117. The first kappa shape index (κ1) is 12.0. The lowest BCUT2D eigenvalue weighted by Gasteiger charge is -2.00. The fourth-order valence-corrected chi connectivity index (χ4v) is 2.10. The van der Waals surface area contributed by atoms with Crippen LogP contribution in [0.15, 0.2) is 34.9 Å². The van der Waals surface area contributed by atoms with E-state index in [1.165, 1.54) is 0 Å². The predicted octanol–water partition coefficient (Wildman–Crippen LogP) is 3.36. The van der Waals surface area contributed by atoms with Crippen molar-refractivity contribution < 1.29 is 4.79 Å². The Balaban J connectivity index is 2.18. The number of Topliss-reactive ketones (excluding diaryl/α,β-unsaturated/α-hetero) is 1. The Morgan fingerprint density at radius 1 is 1.41 bits per heavy atom. The molecule has 2 rings (SSSR count). The van der Waals surface area contributed by atoms with Crippen molar-refractivity contribution in [2.75, 3.05) is 0 Å². The Bertz CT molecular complexity index is 534. The molecule has 1 heterocycles. The number of aryl methyl sites for hydroxylation is 1. The number of H-pyrrole nitrogens is 1. The van der Waals surface area contributed by atoms with Gasteiger partial charge in [0.1, 0.15) is 11.6 Å². The monoisotopic (exact) mass is 292 g/mol. The topological polar surface area (TPSA) is 45.8 Å². The SMILES string of the molecule is CC(=O)CCc1ncc(-c2ccccc2Br)[nH]1. The smallest absolute Gasteiger partial charge is 0.130 e. The van der Waals surface area contributed by atoms with Crippen molar-refractivity contribution in [3.05, 3.63) is 40.8 Å². The van der Waals surface area contributed by atoms with Crippen LogP contribution in [0.25, 0.3) is 11.3 Å². The highest BCUT2D eigenvalue weighted by Gasteiger charge is 2.06. The first-order chi connectivity index (χ1) is 8.16. The first-order valence-corrected chi connectivity index (χ1v) is 6.24. The van der Waals surface area contributed by atoms with E-state index in [-0.39, 0.29) is 5.78 Å². The number of hydrogen-bond donors (Lipinski definition) is 1. The average molecular weight is 293 g/mol. The quantitative estimate of drug-likeness (QED) is 0.939. The number of nitrogens with zero attached hydrogens (tertiary/aromatic N) is 1. The third kappa shape index (κ3) is 3.03. The van der Waals surface area contributed by atoms with Crippen LogP contribution >= 0.6 is 15.9 Å². The number of aromatic nitrogens is 2. The van der Waals surface area contributed by atoms with Gasteiger partial charge >= 0.3 is 0 Å². The molecule has 1 N–H and O–H groups in total. The van der Waals surface area contributed by atoms with Gasteiger partial charge in [-0.1, -0.05) is 34.1 Å². The summed E-state index contributed by atoms with van der Waals surface area (Å²) in [4.78, 5) is 18.4. The normalized spacial score (nSPS) is 10.5. The van der Waals surface area contributed by atoms with Crippen LogP contribution in [-0.4, -0.2) is 15.8 Å². The lowest BCUT2D eigenvalue weighted by Crippen LogP contribution is -1.95. The van der Waals surface area contributed by atoms with Crippen LogP contribution in [-0.2, 0) is 11.2 Å². The van der Waals surface area contributed by atoms with Gasteiger partial charge < -0.3 is 9.78 Å². The second kappa shape index (κ2) is 5.27. The molecule has 4 heteroatoms. The van der Waals surface area contributed by atoms with Crippen LogP contribution < -0.4 is 0 Å². The Kier molecular flexibility index (Phi) is 3.74. The minimum Gasteiger partial charge on any atom is -0.342 e. The molecule has 0 aliphatic rings. The van der Waals surface area contributed by atoms with E-state index in [0.717, 1.165) is 21.6 Å². The largest absolute Gasteiger partial charge is 0.342 e. The van der Waals surface area contributed by atoms with Crippen LogP contribution in [0.1, 0.15) is 19.2 Å². The molecule has 0 unspecified atom stereocenters. The Morgan fingerprint density at radius 3 is 2.88 bits per heavy atom. The van der Waals surface area contributed by atoms with Gasteiger partial charge in [0.15, 0.2) is 0 Å². The number of carbonyl (C=O) groups excluding carboxylic acids is 1. The lowest BCUT2D eigenvalue weighted by atomic mass is 10.2. The Morgan fingerprint density at radius 2 is 2.18 bits per heavy atom. The van der Waals surface area contributed by atoms with Crippen LogP contribution in [0, 0.1) is 0 Å². The fourth-order valence-electron chi connectivity index (χ4n) is 1.60. The van der Waals surface area contributed by atoms with Gasteiger partial charge in [0.25, 0.3) is 0 Å². The van der Waals surface area contributed by atoms with Gasteiger partial charge in [0.05, 0.1) is 11.9 Å². The van der Waals surface area contributed by atoms with Gasteiger partial charge in [0, 0.05) is 22.9 Å². The molecule has 17 heavy (non-hydrogen) atoms. The van der Waals surface area contributed by atoms with Crippen molar-refractivity contribution >= 4 is 21.7 Å². The van der Waals surface area contributed by atoms with Gasteiger partial charge in [-0.2, -0.15) is 0 Å². The number of nitrogens with one attached hydrogen (secondary N) is 1. The molecule has 0 saturated carbocycles. The highest BCUT2D eigenvalue weighted by atomic mass is 79.9. The number of benzene rings is 1. The summed E-state index contributed by atoms with van der Waals surface area (Å²) < 4.78 is 1.03. The zero-order valence-corrected chi connectivity index (χ0v) is 11.1. The van der Waals surface area contributed by atoms with Gasteiger partial charge in [-0.15, -0.1) is 0 Å². The third-order valence-electron chi connectivity index (χ3n) is 2.51. The number of carbonyl (C=O) groups is 1. The molecule has 0 fully saturated rings. The van der Waals surface area contributed by atoms with Gasteiger partial charge in [-0.25, -0.2) is 4.98 Å². The number of imidazole rings is 1. The summed E-state index contributed by atoms with van der Waals surface area (Å²) in [6.07, 6.45) is 3.00. The van der Waals surface area contributed by atoms with E-state index in [0.29, 0.717) is 12.8 Å². The molecule has 3 nitrogen and oxygen atoms in total. The summed E-state index contributed by atoms with van der Waals surface area (Å²) >= 11 is 3.50. The van der Waals surface area contributed by atoms with Gasteiger partial charge in [-0.05, 0) is 13.0 Å². The molecule has 0 bridgehead atoms. The van der Waals surface area contributed by atoms with Gasteiger partial charge in [-0.3, -0.25) is 0 Å². The zero-order valence-electron chi connectivity index (χ0n) is 9.53. The van der Waals surface area contributed by atoms with Crippen molar-refractivity contribution in [1.29, 1.82) is 0 Å². The molecule has 0 aliphatic heterocycles. The number of halogens is 1. The molecule has 0 spiro atoms. The number of ketones is 1. The van der Waals surface area contributed by atoms with Crippen molar-refractivity contribution in [2.24, 2.45) is 0 Å². The standard InChI is InChI=1S/C13H13BrN2O/c1-9(17)6-7-13-15-8-12(16-13)10-4-2-3-5-11(10)14/h2-5,8H,6-7H2,1H3,(H,15,16). The summed E-state index contributed by atoms with van der Waals surface area (Å²) in [7, 11) is 0. The highest BCUT2D eigenvalue weighted by molar-refractivity contribution is 9.10. The molecule has 0 saturated heterocycles. The van der Waals surface area contributed by atoms with E-state index in [1.807, 2.05) is 24.3 Å². The van der Waals surface area contributed by atoms with E-state index in [9.17, 15) is 4.79 Å². The molecule has 0 aliphatic carbocycles. The number of aromatic amines is 1. The van der Waals surface area contributed by atoms with Crippen molar-refractivity contribution in [1.82, 2.24) is 9.97 Å². The maximum atomic E-state index is 10.9. The van der Waals surface area contributed by atoms with Gasteiger partial charge in [0.2, 0.25) is 0 Å². The minimum atomic E-state index is 0.184. The highest BCUT2D eigenvalue weighted by Crippen LogP contribution is 2.26.